The highest BCUT2D eigenvalue weighted by Gasteiger charge is 2.31. The van der Waals surface area contributed by atoms with Crippen LogP contribution in [0.4, 0.5) is 0 Å². The smallest absolute Gasteiger partial charge is 0.170 e. The van der Waals surface area contributed by atoms with Gasteiger partial charge in [-0.3, -0.25) is 9.48 Å². The summed E-state index contributed by atoms with van der Waals surface area (Å²) in [5.41, 5.74) is 1.61. The van der Waals surface area contributed by atoms with Crippen LogP contribution in [0.2, 0.25) is 0 Å². The third-order valence-electron chi connectivity index (χ3n) is 3.13. The summed E-state index contributed by atoms with van der Waals surface area (Å²) >= 11 is 0. The highest BCUT2D eigenvalue weighted by molar-refractivity contribution is 5.99. The van der Waals surface area contributed by atoms with Crippen LogP contribution >= 0.6 is 0 Å². The molecule has 0 amide bonds. The first kappa shape index (κ1) is 10.4. The minimum atomic E-state index is 0.118. The van der Waals surface area contributed by atoms with Crippen LogP contribution < -0.4 is 5.32 Å². The van der Waals surface area contributed by atoms with Crippen molar-refractivity contribution in [1.29, 1.82) is 0 Å². The molecule has 0 radical (unpaired) electrons. The topological polar surface area (TPSA) is 46.9 Å². The lowest BCUT2D eigenvalue weighted by Gasteiger charge is -2.11. The van der Waals surface area contributed by atoms with Crippen molar-refractivity contribution < 1.29 is 4.79 Å². The lowest BCUT2D eigenvalue weighted by Crippen LogP contribution is -2.21. The first-order chi connectivity index (χ1) is 7.09. The van der Waals surface area contributed by atoms with Crippen molar-refractivity contribution >= 4 is 5.78 Å². The molecule has 0 bridgehead atoms. The Morgan fingerprint density at radius 1 is 1.60 bits per heavy atom. The molecule has 4 nitrogen and oxygen atoms in total. The normalized spacial score (nSPS) is 25.8. The number of carbonyl (C=O) groups excluding carboxylic acids is 1. The van der Waals surface area contributed by atoms with Gasteiger partial charge in [0, 0.05) is 25.7 Å². The predicted molar refractivity (Wildman–Crippen MR) is 57.8 cm³/mol. The fraction of sp³-hybridized carbons (Fsp3) is 0.636. The van der Waals surface area contributed by atoms with E-state index in [1.807, 2.05) is 20.2 Å². The summed E-state index contributed by atoms with van der Waals surface area (Å²) in [4.78, 5) is 12.2. The van der Waals surface area contributed by atoms with Gasteiger partial charge in [-0.25, -0.2) is 0 Å². The van der Waals surface area contributed by atoms with Crippen molar-refractivity contribution in [2.24, 2.45) is 18.9 Å². The van der Waals surface area contributed by atoms with Gasteiger partial charge in [0.2, 0.25) is 0 Å². The Hall–Kier alpha value is -1.16. The molecule has 0 aromatic carbocycles. The number of aryl methyl sites for hydroxylation is 2. The summed E-state index contributed by atoms with van der Waals surface area (Å²) in [5, 5.41) is 7.45. The van der Waals surface area contributed by atoms with E-state index >= 15 is 0 Å². The predicted octanol–water partition coefficient (Wildman–Crippen LogP) is 0.767. The highest BCUT2D eigenvalue weighted by Crippen LogP contribution is 2.22. The van der Waals surface area contributed by atoms with Crippen LogP contribution in [0.5, 0.6) is 0 Å². The second-order valence-corrected chi connectivity index (χ2v) is 4.41. The standard InChI is InChI=1S/C11H17N3O/c1-7-4-12-5-9(7)11(15)10-6-14(3)13-8(10)2/h6-7,9,12H,4-5H2,1-3H3. The zero-order valence-electron chi connectivity index (χ0n) is 9.45. The van der Waals surface area contributed by atoms with E-state index in [9.17, 15) is 4.79 Å². The average Bonchev–Trinajstić information content (AvgIpc) is 2.71. The summed E-state index contributed by atoms with van der Waals surface area (Å²) in [7, 11) is 1.85. The maximum Gasteiger partial charge on any atom is 0.170 e. The van der Waals surface area contributed by atoms with E-state index in [0.29, 0.717) is 5.92 Å². The third kappa shape index (κ3) is 1.81. The molecule has 1 N–H and O–H groups in total. The zero-order valence-corrected chi connectivity index (χ0v) is 9.45. The van der Waals surface area contributed by atoms with Gasteiger partial charge in [0.25, 0.3) is 0 Å². The van der Waals surface area contributed by atoms with Crippen molar-refractivity contribution in [2.75, 3.05) is 13.1 Å². The second kappa shape index (κ2) is 3.77. The number of ketones is 1. The molecule has 1 saturated heterocycles. The highest BCUT2D eigenvalue weighted by atomic mass is 16.1. The van der Waals surface area contributed by atoms with Crippen LogP contribution in [-0.2, 0) is 7.05 Å². The average molecular weight is 207 g/mol. The van der Waals surface area contributed by atoms with Crippen LogP contribution in [0.3, 0.4) is 0 Å². The molecule has 1 aromatic heterocycles. The Morgan fingerprint density at radius 3 is 2.80 bits per heavy atom. The number of carbonyl (C=O) groups is 1. The van der Waals surface area contributed by atoms with Gasteiger partial charge in [-0.2, -0.15) is 5.10 Å². The van der Waals surface area contributed by atoms with E-state index in [1.165, 1.54) is 0 Å². The molecule has 2 unspecified atom stereocenters. The summed E-state index contributed by atoms with van der Waals surface area (Å²) in [6.07, 6.45) is 1.82. The summed E-state index contributed by atoms with van der Waals surface area (Å²) in [5.74, 6) is 0.781. The maximum absolute atomic E-state index is 12.2. The molecule has 82 valence electrons. The molecule has 1 aliphatic rings. The van der Waals surface area contributed by atoms with Gasteiger partial charge in [-0.15, -0.1) is 0 Å². The first-order valence-electron chi connectivity index (χ1n) is 5.34. The Bertz CT molecular complexity index is 383. The third-order valence-corrected chi connectivity index (χ3v) is 3.13. The fourth-order valence-electron chi connectivity index (χ4n) is 2.20. The quantitative estimate of drug-likeness (QED) is 0.728. The monoisotopic (exact) mass is 207 g/mol. The van der Waals surface area contributed by atoms with Crippen molar-refractivity contribution in [3.05, 3.63) is 17.5 Å². The first-order valence-corrected chi connectivity index (χ1v) is 5.34. The maximum atomic E-state index is 12.2. The second-order valence-electron chi connectivity index (χ2n) is 4.41. The van der Waals surface area contributed by atoms with Gasteiger partial charge in [0.15, 0.2) is 5.78 Å². The van der Waals surface area contributed by atoms with Gasteiger partial charge in [0.1, 0.15) is 0 Å². The molecule has 1 fully saturated rings. The molecular weight excluding hydrogens is 190 g/mol. The SMILES string of the molecule is Cc1nn(C)cc1C(=O)C1CNCC1C. The van der Waals surface area contributed by atoms with Gasteiger partial charge in [0.05, 0.1) is 11.3 Å². The van der Waals surface area contributed by atoms with Crippen LogP contribution in [0.25, 0.3) is 0 Å². The van der Waals surface area contributed by atoms with Crippen molar-refractivity contribution in [1.82, 2.24) is 15.1 Å². The van der Waals surface area contributed by atoms with Crippen LogP contribution in [0.1, 0.15) is 23.0 Å². The van der Waals surface area contributed by atoms with E-state index < -0.39 is 0 Å². The largest absolute Gasteiger partial charge is 0.316 e. The zero-order chi connectivity index (χ0) is 11.0. The van der Waals surface area contributed by atoms with Crippen molar-refractivity contribution in [3.63, 3.8) is 0 Å². The number of nitrogens with zero attached hydrogens (tertiary/aromatic N) is 2. The lowest BCUT2D eigenvalue weighted by atomic mass is 9.90. The molecule has 2 rings (SSSR count). The Balaban J connectivity index is 2.24. The van der Waals surface area contributed by atoms with Crippen LogP contribution in [0, 0.1) is 18.8 Å². The molecule has 4 heteroatoms. The van der Waals surface area contributed by atoms with E-state index in [4.69, 9.17) is 0 Å². The molecule has 15 heavy (non-hydrogen) atoms. The van der Waals surface area contributed by atoms with E-state index in [0.717, 1.165) is 24.3 Å². The number of hydrogen-bond acceptors (Lipinski definition) is 3. The van der Waals surface area contributed by atoms with Gasteiger partial charge in [-0.1, -0.05) is 6.92 Å². The van der Waals surface area contributed by atoms with Crippen LogP contribution in [-0.4, -0.2) is 28.7 Å². The number of rotatable bonds is 2. The van der Waals surface area contributed by atoms with E-state index in [-0.39, 0.29) is 11.7 Å². The number of nitrogens with one attached hydrogen (secondary N) is 1. The molecular formula is C11H17N3O. The number of hydrogen-bond donors (Lipinski definition) is 1. The summed E-state index contributed by atoms with van der Waals surface area (Å²) < 4.78 is 1.70. The van der Waals surface area contributed by atoms with Crippen LogP contribution in [0.15, 0.2) is 6.20 Å². The minimum Gasteiger partial charge on any atom is -0.316 e. The Labute approximate surface area is 89.7 Å². The lowest BCUT2D eigenvalue weighted by molar-refractivity contribution is 0.0907. The van der Waals surface area contributed by atoms with Gasteiger partial charge >= 0.3 is 0 Å². The van der Waals surface area contributed by atoms with Gasteiger partial charge < -0.3 is 5.32 Å². The van der Waals surface area contributed by atoms with E-state index in [1.54, 1.807) is 4.68 Å². The molecule has 0 spiro atoms. The molecule has 0 aliphatic carbocycles. The molecule has 2 atom stereocenters. The fourth-order valence-corrected chi connectivity index (χ4v) is 2.20. The van der Waals surface area contributed by atoms with Crippen molar-refractivity contribution in [2.45, 2.75) is 13.8 Å². The Morgan fingerprint density at radius 2 is 2.33 bits per heavy atom. The molecule has 2 heterocycles. The molecule has 1 aromatic rings. The van der Waals surface area contributed by atoms with E-state index in [2.05, 4.69) is 17.3 Å². The summed E-state index contributed by atoms with van der Waals surface area (Å²) in [6, 6.07) is 0. The van der Waals surface area contributed by atoms with Crippen molar-refractivity contribution in [3.8, 4) is 0 Å². The van der Waals surface area contributed by atoms with Gasteiger partial charge in [-0.05, 0) is 19.4 Å². The Kier molecular flexibility index (Phi) is 2.61. The molecule has 1 aliphatic heterocycles. The number of aromatic nitrogens is 2. The number of Topliss-reactive ketones (excluding diaryl/α,β-unsaturated/α-hetero) is 1. The minimum absolute atomic E-state index is 0.118. The summed E-state index contributed by atoms with van der Waals surface area (Å²) in [6.45, 7) is 5.75. The molecule has 0 saturated carbocycles.